The van der Waals surface area contributed by atoms with Crippen LogP contribution in [-0.2, 0) is 24.3 Å². The fourth-order valence-corrected chi connectivity index (χ4v) is 4.67. The molecule has 1 fully saturated rings. The summed E-state index contributed by atoms with van der Waals surface area (Å²) >= 11 is 0. The number of piperazine rings is 1. The zero-order valence-electron chi connectivity index (χ0n) is 16.7. The number of amides is 1. The van der Waals surface area contributed by atoms with Crippen LogP contribution in [0.5, 0.6) is 0 Å². The minimum absolute atomic E-state index is 0.0285. The molecule has 1 aliphatic rings. The highest BCUT2D eigenvalue weighted by molar-refractivity contribution is 7.89. The van der Waals surface area contributed by atoms with E-state index in [4.69, 9.17) is 4.74 Å². The number of hydrogen-bond donors (Lipinski definition) is 2. The third kappa shape index (κ3) is 5.52. The number of esters is 1. The maximum atomic E-state index is 12.7. The summed E-state index contributed by atoms with van der Waals surface area (Å²) < 4.78 is 31.6. The van der Waals surface area contributed by atoms with Crippen LogP contribution in [0.15, 0.2) is 35.2 Å². The molecular formula is C19H30N3O5S+. The molecule has 0 aliphatic carbocycles. The van der Waals surface area contributed by atoms with Crippen molar-refractivity contribution in [1.82, 2.24) is 9.62 Å². The van der Waals surface area contributed by atoms with Crippen LogP contribution in [0.1, 0.15) is 20.3 Å². The van der Waals surface area contributed by atoms with Crippen molar-refractivity contribution in [3.63, 3.8) is 0 Å². The van der Waals surface area contributed by atoms with Crippen LogP contribution in [0.4, 0.5) is 0 Å². The molecule has 1 aromatic carbocycles. The maximum Gasteiger partial charge on any atom is 0.328 e. The zero-order valence-corrected chi connectivity index (χ0v) is 17.5. The molecule has 1 amide bonds. The normalized spacial score (nSPS) is 18.2. The Morgan fingerprint density at radius 2 is 1.82 bits per heavy atom. The Morgan fingerprint density at radius 3 is 2.36 bits per heavy atom. The second-order valence-electron chi connectivity index (χ2n) is 7.10. The van der Waals surface area contributed by atoms with E-state index in [0.717, 1.165) is 11.3 Å². The molecule has 1 saturated heterocycles. The summed E-state index contributed by atoms with van der Waals surface area (Å²) in [7, 11) is -2.20. The maximum absolute atomic E-state index is 12.7. The van der Waals surface area contributed by atoms with Crippen molar-refractivity contribution < 1.29 is 27.6 Å². The molecule has 0 aromatic heterocycles. The Labute approximate surface area is 166 Å². The van der Waals surface area contributed by atoms with Gasteiger partial charge in [0, 0.05) is 0 Å². The van der Waals surface area contributed by atoms with Crippen molar-refractivity contribution in [2.45, 2.75) is 31.2 Å². The van der Waals surface area contributed by atoms with Crippen LogP contribution >= 0.6 is 0 Å². The van der Waals surface area contributed by atoms with Gasteiger partial charge in [-0.25, -0.2) is 13.2 Å². The summed E-state index contributed by atoms with van der Waals surface area (Å²) in [5, 5.41) is 2.77. The number of benzene rings is 1. The summed E-state index contributed by atoms with van der Waals surface area (Å²) in [6, 6.07) is 7.69. The summed E-state index contributed by atoms with van der Waals surface area (Å²) in [5.74, 6) is -0.708. The van der Waals surface area contributed by atoms with Crippen molar-refractivity contribution in [2.75, 3.05) is 39.8 Å². The summed E-state index contributed by atoms with van der Waals surface area (Å²) in [5.41, 5.74) is 0. The number of rotatable bonds is 8. The van der Waals surface area contributed by atoms with E-state index in [1.807, 2.05) is 13.8 Å². The van der Waals surface area contributed by atoms with Gasteiger partial charge in [-0.1, -0.05) is 38.5 Å². The molecule has 0 saturated carbocycles. The zero-order chi connectivity index (χ0) is 20.7. The molecule has 0 spiro atoms. The number of sulfonamides is 1. The van der Waals surface area contributed by atoms with Gasteiger partial charge in [-0.3, -0.25) is 4.79 Å². The van der Waals surface area contributed by atoms with Gasteiger partial charge in [0.15, 0.2) is 6.54 Å². The second kappa shape index (κ2) is 9.99. The number of nitrogens with zero attached hydrogens (tertiary/aromatic N) is 1. The highest BCUT2D eigenvalue weighted by Gasteiger charge is 2.32. The summed E-state index contributed by atoms with van der Waals surface area (Å²) in [4.78, 5) is 25.6. The van der Waals surface area contributed by atoms with Crippen LogP contribution in [-0.4, -0.2) is 70.5 Å². The molecule has 2 rings (SSSR count). The van der Waals surface area contributed by atoms with Gasteiger partial charge in [0.1, 0.15) is 6.04 Å². The van der Waals surface area contributed by atoms with Crippen molar-refractivity contribution in [1.29, 1.82) is 0 Å². The van der Waals surface area contributed by atoms with Crippen molar-refractivity contribution in [3.8, 4) is 0 Å². The number of hydrogen-bond acceptors (Lipinski definition) is 5. The lowest BCUT2D eigenvalue weighted by Gasteiger charge is -2.31. The highest BCUT2D eigenvalue weighted by atomic mass is 32.2. The first-order valence-corrected chi connectivity index (χ1v) is 11.0. The summed E-state index contributed by atoms with van der Waals surface area (Å²) in [6.07, 6.45) is 0.739. The van der Waals surface area contributed by atoms with Crippen LogP contribution in [0.3, 0.4) is 0 Å². The third-order valence-corrected chi connectivity index (χ3v) is 7.12. The van der Waals surface area contributed by atoms with Crippen LogP contribution in [0.2, 0.25) is 0 Å². The van der Waals surface area contributed by atoms with E-state index in [0.29, 0.717) is 26.2 Å². The monoisotopic (exact) mass is 412 g/mol. The van der Waals surface area contributed by atoms with Crippen molar-refractivity contribution in [2.24, 2.45) is 5.92 Å². The van der Waals surface area contributed by atoms with E-state index in [9.17, 15) is 18.0 Å². The second-order valence-corrected chi connectivity index (χ2v) is 9.04. The largest absolute Gasteiger partial charge is 0.467 e. The van der Waals surface area contributed by atoms with Gasteiger partial charge in [0.25, 0.3) is 5.91 Å². The fraction of sp³-hybridized carbons (Fsp3) is 0.579. The van der Waals surface area contributed by atoms with Gasteiger partial charge < -0.3 is 15.0 Å². The lowest BCUT2D eigenvalue weighted by Crippen LogP contribution is -3.15. The van der Waals surface area contributed by atoms with Gasteiger partial charge >= 0.3 is 5.97 Å². The molecule has 9 heteroatoms. The molecule has 0 unspecified atom stereocenters. The lowest BCUT2D eigenvalue weighted by molar-refractivity contribution is -0.895. The fourth-order valence-electron chi connectivity index (χ4n) is 3.21. The van der Waals surface area contributed by atoms with Gasteiger partial charge in [0.05, 0.1) is 38.2 Å². The van der Waals surface area contributed by atoms with Gasteiger partial charge in [0.2, 0.25) is 10.0 Å². The quantitative estimate of drug-likeness (QED) is 0.550. The first-order valence-electron chi connectivity index (χ1n) is 9.55. The first-order chi connectivity index (χ1) is 13.3. The minimum Gasteiger partial charge on any atom is -0.467 e. The molecule has 156 valence electrons. The van der Waals surface area contributed by atoms with Crippen LogP contribution in [0, 0.1) is 5.92 Å². The number of carbonyl (C=O) groups is 2. The Balaban J connectivity index is 1.89. The summed E-state index contributed by atoms with van der Waals surface area (Å²) in [6.45, 7) is 5.81. The van der Waals surface area contributed by atoms with Gasteiger partial charge in [-0.15, -0.1) is 0 Å². The van der Waals surface area contributed by atoms with Crippen molar-refractivity contribution in [3.05, 3.63) is 30.3 Å². The molecule has 1 heterocycles. The smallest absolute Gasteiger partial charge is 0.328 e. The van der Waals surface area contributed by atoms with E-state index in [-0.39, 0.29) is 23.3 Å². The Kier molecular flexibility index (Phi) is 7.97. The minimum atomic E-state index is -3.50. The molecule has 28 heavy (non-hydrogen) atoms. The Bertz CT molecular complexity index is 761. The Morgan fingerprint density at radius 1 is 1.21 bits per heavy atom. The molecule has 1 aliphatic heterocycles. The Hall–Kier alpha value is -1.97. The molecular weight excluding hydrogens is 382 g/mol. The molecule has 8 nitrogen and oxygen atoms in total. The first kappa shape index (κ1) is 22.3. The number of nitrogens with one attached hydrogen (secondary N) is 2. The molecule has 2 N–H and O–H groups in total. The SMILES string of the molecule is CC[C@H](C)[C@@H](NC(=O)C[NH+]1CCN(S(=O)(=O)c2ccccc2)CC1)C(=O)OC. The lowest BCUT2D eigenvalue weighted by atomic mass is 9.99. The van der Waals surface area contributed by atoms with E-state index >= 15 is 0 Å². The number of ether oxygens (including phenoxy) is 1. The molecule has 1 aromatic rings. The van der Waals surface area contributed by atoms with Crippen molar-refractivity contribution >= 4 is 21.9 Å². The predicted molar refractivity (Wildman–Crippen MR) is 104 cm³/mol. The van der Waals surface area contributed by atoms with Gasteiger partial charge in [-0.2, -0.15) is 4.31 Å². The third-order valence-electron chi connectivity index (χ3n) is 5.21. The standard InChI is InChI=1S/C19H29N3O5S/c1-4-15(2)18(19(24)27-3)20-17(23)14-21-10-12-22(13-11-21)28(25,26)16-8-6-5-7-9-16/h5-9,15,18H,4,10-14H2,1-3H3,(H,20,23)/p+1/t15-,18+/m0/s1. The van der Waals surface area contributed by atoms with E-state index in [1.54, 1.807) is 30.3 Å². The van der Waals surface area contributed by atoms with Crippen LogP contribution in [0.25, 0.3) is 0 Å². The number of quaternary nitrogens is 1. The van der Waals surface area contributed by atoms with Gasteiger partial charge in [-0.05, 0) is 18.1 Å². The average Bonchev–Trinajstić information content (AvgIpc) is 2.72. The van der Waals surface area contributed by atoms with E-state index in [2.05, 4.69) is 5.32 Å². The molecule has 0 radical (unpaired) electrons. The highest BCUT2D eigenvalue weighted by Crippen LogP contribution is 2.14. The molecule has 0 bridgehead atoms. The predicted octanol–water partition coefficient (Wildman–Crippen LogP) is -0.720. The molecule has 2 atom stereocenters. The van der Waals surface area contributed by atoms with E-state index < -0.39 is 22.0 Å². The number of methoxy groups -OCH3 is 1. The number of carbonyl (C=O) groups excluding carboxylic acids is 2. The topological polar surface area (TPSA) is 97.2 Å². The van der Waals surface area contributed by atoms with E-state index in [1.165, 1.54) is 11.4 Å². The van der Waals surface area contributed by atoms with Crippen LogP contribution < -0.4 is 10.2 Å². The average molecular weight is 413 g/mol.